The molecule has 0 aliphatic rings. The summed E-state index contributed by atoms with van der Waals surface area (Å²) in [7, 11) is 0. The van der Waals surface area contributed by atoms with Crippen LogP contribution in [0.1, 0.15) is 24.4 Å². The average molecular weight is 293 g/mol. The highest BCUT2D eigenvalue weighted by molar-refractivity contribution is 5.77. The molecule has 112 valence electrons. The first kappa shape index (κ1) is 14.5. The second kappa shape index (κ2) is 6.54. The Morgan fingerprint density at radius 3 is 2.64 bits per heavy atom. The number of benzene rings is 2. The van der Waals surface area contributed by atoms with Gasteiger partial charge in [0.25, 0.3) is 5.56 Å². The molecule has 0 saturated heterocycles. The van der Waals surface area contributed by atoms with Crippen molar-refractivity contribution in [2.24, 2.45) is 0 Å². The lowest BCUT2D eigenvalue weighted by Crippen LogP contribution is -2.25. The van der Waals surface area contributed by atoms with Gasteiger partial charge in [0.2, 0.25) is 0 Å². The number of hydrogen-bond donors (Lipinski definition) is 2. The highest BCUT2D eigenvalue weighted by atomic mass is 16.1. The molecule has 0 fully saturated rings. The lowest BCUT2D eigenvalue weighted by Gasteiger charge is -2.13. The van der Waals surface area contributed by atoms with Crippen LogP contribution in [-0.2, 0) is 6.42 Å². The van der Waals surface area contributed by atoms with Gasteiger partial charge in [0.15, 0.2) is 0 Å². The predicted molar refractivity (Wildman–Crippen MR) is 88.9 cm³/mol. The zero-order chi connectivity index (χ0) is 15.4. The van der Waals surface area contributed by atoms with Crippen LogP contribution in [0.3, 0.4) is 0 Å². The standard InChI is InChI=1S/C18H19N3O/c1-13(19-12-11-14-7-3-2-4-8-14)17-20-16-10-6-5-9-15(16)18(22)21-17/h2-10,13,19H,11-12H2,1H3,(H,20,21,22). The van der Waals surface area contributed by atoms with Crippen LogP contribution in [0.4, 0.5) is 0 Å². The Morgan fingerprint density at radius 1 is 1.09 bits per heavy atom. The van der Waals surface area contributed by atoms with Gasteiger partial charge in [-0.25, -0.2) is 4.98 Å². The van der Waals surface area contributed by atoms with Crippen LogP contribution in [0.5, 0.6) is 0 Å². The normalized spacial score (nSPS) is 12.4. The van der Waals surface area contributed by atoms with E-state index in [1.54, 1.807) is 6.07 Å². The summed E-state index contributed by atoms with van der Waals surface area (Å²) in [6.45, 7) is 2.85. The fourth-order valence-electron chi connectivity index (χ4n) is 2.48. The van der Waals surface area contributed by atoms with Gasteiger partial charge >= 0.3 is 0 Å². The molecular formula is C18H19N3O. The molecule has 3 aromatic rings. The first-order valence-electron chi connectivity index (χ1n) is 7.50. The van der Waals surface area contributed by atoms with Gasteiger partial charge in [-0.1, -0.05) is 42.5 Å². The van der Waals surface area contributed by atoms with Crippen LogP contribution < -0.4 is 10.9 Å². The van der Waals surface area contributed by atoms with Crippen LogP contribution in [0, 0.1) is 0 Å². The molecule has 3 rings (SSSR count). The minimum atomic E-state index is -0.0858. The first-order chi connectivity index (χ1) is 10.7. The summed E-state index contributed by atoms with van der Waals surface area (Å²) in [6, 6.07) is 17.7. The lowest BCUT2D eigenvalue weighted by molar-refractivity contribution is 0.549. The van der Waals surface area contributed by atoms with E-state index in [9.17, 15) is 4.79 Å². The molecule has 0 aliphatic carbocycles. The number of nitrogens with one attached hydrogen (secondary N) is 2. The van der Waals surface area contributed by atoms with Gasteiger partial charge in [-0.05, 0) is 37.6 Å². The number of hydrogen-bond acceptors (Lipinski definition) is 3. The van der Waals surface area contributed by atoms with Gasteiger partial charge in [-0.15, -0.1) is 0 Å². The number of H-pyrrole nitrogens is 1. The van der Waals surface area contributed by atoms with Crippen molar-refractivity contribution in [3.05, 3.63) is 76.3 Å². The Hall–Kier alpha value is -2.46. The van der Waals surface area contributed by atoms with Crippen molar-refractivity contribution in [1.29, 1.82) is 0 Å². The summed E-state index contributed by atoms with van der Waals surface area (Å²) in [5.41, 5.74) is 1.94. The number of nitrogens with zero attached hydrogens (tertiary/aromatic N) is 1. The number of aromatic amines is 1. The molecule has 1 aromatic heterocycles. The van der Waals surface area contributed by atoms with Gasteiger partial charge in [0.1, 0.15) is 5.82 Å². The van der Waals surface area contributed by atoms with Crippen molar-refractivity contribution >= 4 is 10.9 Å². The number of rotatable bonds is 5. The Morgan fingerprint density at radius 2 is 1.82 bits per heavy atom. The quantitative estimate of drug-likeness (QED) is 0.760. The number of fused-ring (bicyclic) bond motifs is 1. The van der Waals surface area contributed by atoms with E-state index in [2.05, 4.69) is 27.4 Å². The van der Waals surface area contributed by atoms with Crippen LogP contribution in [0.25, 0.3) is 10.9 Å². The molecule has 0 spiro atoms. The minimum Gasteiger partial charge on any atom is -0.309 e. The SMILES string of the molecule is CC(NCCc1ccccc1)c1nc2ccccc2c(=O)[nH]1. The molecule has 1 unspecified atom stereocenters. The molecule has 0 radical (unpaired) electrons. The van der Waals surface area contributed by atoms with Crippen LogP contribution in [0.15, 0.2) is 59.4 Å². The third kappa shape index (κ3) is 3.23. The smallest absolute Gasteiger partial charge is 0.258 e. The Labute approximate surface area is 129 Å². The van der Waals surface area contributed by atoms with E-state index in [0.717, 1.165) is 18.5 Å². The highest BCUT2D eigenvalue weighted by Crippen LogP contribution is 2.10. The van der Waals surface area contributed by atoms with E-state index in [0.29, 0.717) is 11.2 Å². The molecule has 4 nitrogen and oxygen atoms in total. The topological polar surface area (TPSA) is 57.8 Å². The largest absolute Gasteiger partial charge is 0.309 e. The molecule has 4 heteroatoms. The second-order valence-corrected chi connectivity index (χ2v) is 5.38. The van der Waals surface area contributed by atoms with Gasteiger partial charge in [0.05, 0.1) is 16.9 Å². The Kier molecular flexibility index (Phi) is 4.30. The maximum atomic E-state index is 12.1. The summed E-state index contributed by atoms with van der Waals surface area (Å²) in [4.78, 5) is 19.5. The van der Waals surface area contributed by atoms with Crippen molar-refractivity contribution < 1.29 is 0 Å². The van der Waals surface area contributed by atoms with Gasteiger partial charge in [-0.3, -0.25) is 4.79 Å². The molecular weight excluding hydrogens is 274 g/mol. The maximum Gasteiger partial charge on any atom is 0.258 e. The highest BCUT2D eigenvalue weighted by Gasteiger charge is 2.09. The molecule has 1 heterocycles. The van der Waals surface area contributed by atoms with Gasteiger partial charge < -0.3 is 10.3 Å². The van der Waals surface area contributed by atoms with Gasteiger partial charge in [-0.2, -0.15) is 0 Å². The van der Waals surface area contributed by atoms with Crippen molar-refractivity contribution in [3.8, 4) is 0 Å². The zero-order valence-corrected chi connectivity index (χ0v) is 12.5. The predicted octanol–water partition coefficient (Wildman–Crippen LogP) is 2.82. The van der Waals surface area contributed by atoms with E-state index < -0.39 is 0 Å². The number of para-hydroxylation sites is 1. The van der Waals surface area contributed by atoms with E-state index >= 15 is 0 Å². The Balaban J connectivity index is 1.70. The minimum absolute atomic E-state index is 0.000943. The molecule has 0 saturated carbocycles. The summed E-state index contributed by atoms with van der Waals surface area (Å²) < 4.78 is 0. The zero-order valence-electron chi connectivity index (χ0n) is 12.5. The van der Waals surface area contributed by atoms with E-state index in [1.165, 1.54) is 5.56 Å². The summed E-state index contributed by atoms with van der Waals surface area (Å²) in [5, 5.41) is 4.03. The third-order valence-corrected chi connectivity index (χ3v) is 3.75. The summed E-state index contributed by atoms with van der Waals surface area (Å²) >= 11 is 0. The molecule has 0 bridgehead atoms. The Bertz CT molecular complexity index is 811. The van der Waals surface area contributed by atoms with E-state index in [1.807, 2.05) is 43.3 Å². The molecule has 2 N–H and O–H groups in total. The van der Waals surface area contributed by atoms with Gasteiger partial charge in [0, 0.05) is 0 Å². The van der Waals surface area contributed by atoms with Crippen molar-refractivity contribution in [3.63, 3.8) is 0 Å². The van der Waals surface area contributed by atoms with Crippen LogP contribution in [-0.4, -0.2) is 16.5 Å². The summed E-state index contributed by atoms with van der Waals surface area (Å²) in [5.74, 6) is 0.678. The maximum absolute atomic E-state index is 12.1. The molecule has 2 aromatic carbocycles. The second-order valence-electron chi connectivity index (χ2n) is 5.38. The number of aromatic nitrogens is 2. The first-order valence-corrected chi connectivity index (χ1v) is 7.50. The van der Waals surface area contributed by atoms with E-state index in [4.69, 9.17) is 0 Å². The summed E-state index contributed by atoms with van der Waals surface area (Å²) in [6.07, 6.45) is 0.947. The fourth-order valence-corrected chi connectivity index (χ4v) is 2.48. The molecule has 0 aliphatic heterocycles. The van der Waals surface area contributed by atoms with E-state index in [-0.39, 0.29) is 11.6 Å². The molecule has 0 amide bonds. The molecule has 22 heavy (non-hydrogen) atoms. The third-order valence-electron chi connectivity index (χ3n) is 3.75. The molecule has 1 atom stereocenters. The van der Waals surface area contributed by atoms with Crippen LogP contribution >= 0.6 is 0 Å². The van der Waals surface area contributed by atoms with Crippen molar-refractivity contribution in [1.82, 2.24) is 15.3 Å². The van der Waals surface area contributed by atoms with Crippen LogP contribution in [0.2, 0.25) is 0 Å². The average Bonchev–Trinajstić information content (AvgIpc) is 2.56. The van der Waals surface area contributed by atoms with Crippen molar-refractivity contribution in [2.75, 3.05) is 6.54 Å². The lowest BCUT2D eigenvalue weighted by atomic mass is 10.1. The van der Waals surface area contributed by atoms with Crippen molar-refractivity contribution in [2.45, 2.75) is 19.4 Å². The monoisotopic (exact) mass is 293 g/mol. The fraction of sp³-hybridized carbons (Fsp3) is 0.222.